The maximum Gasteiger partial charge on any atom is 0.251 e. The predicted molar refractivity (Wildman–Crippen MR) is 113 cm³/mol. The van der Waals surface area contributed by atoms with E-state index in [4.69, 9.17) is 9.47 Å². The van der Waals surface area contributed by atoms with Crippen molar-refractivity contribution in [1.29, 1.82) is 0 Å². The highest BCUT2D eigenvalue weighted by Crippen LogP contribution is 2.30. The molecule has 5 rings (SSSR count). The van der Waals surface area contributed by atoms with E-state index in [9.17, 15) is 9.18 Å². The number of halogens is 1. The molecule has 0 aliphatic carbocycles. The Labute approximate surface area is 181 Å². The van der Waals surface area contributed by atoms with Gasteiger partial charge in [0.05, 0.1) is 18.7 Å². The van der Waals surface area contributed by atoms with E-state index in [2.05, 4.69) is 30.9 Å². The third-order valence-corrected chi connectivity index (χ3v) is 5.26. The number of carbonyl (C=O) groups excluding carboxylic acids is 1. The lowest BCUT2D eigenvalue weighted by Gasteiger charge is -2.20. The first-order valence-corrected chi connectivity index (χ1v) is 9.92. The van der Waals surface area contributed by atoms with E-state index < -0.39 is 6.04 Å². The number of nitrogens with one attached hydrogen (secondary N) is 3. The second-order valence-corrected chi connectivity index (χ2v) is 7.39. The molecule has 162 valence electrons. The highest BCUT2D eigenvalue weighted by Gasteiger charge is 2.24. The van der Waals surface area contributed by atoms with E-state index >= 15 is 0 Å². The molecule has 0 saturated carbocycles. The van der Waals surface area contributed by atoms with Crippen molar-refractivity contribution >= 4 is 22.9 Å². The van der Waals surface area contributed by atoms with E-state index in [1.165, 1.54) is 12.1 Å². The number of tetrazole rings is 1. The average molecular weight is 434 g/mol. The molecule has 32 heavy (non-hydrogen) atoms. The highest BCUT2D eigenvalue weighted by atomic mass is 19.1. The molecule has 0 unspecified atom stereocenters. The smallest absolute Gasteiger partial charge is 0.251 e. The number of amides is 1. The van der Waals surface area contributed by atoms with Crippen LogP contribution >= 0.6 is 0 Å². The fraction of sp³-hybridized carbons (Fsp3) is 0.182. The third kappa shape index (κ3) is 3.89. The van der Waals surface area contributed by atoms with E-state index in [0.717, 1.165) is 22.2 Å². The fourth-order valence-electron chi connectivity index (χ4n) is 3.68. The molecule has 10 heteroatoms. The minimum atomic E-state index is -0.563. The van der Waals surface area contributed by atoms with Crippen LogP contribution in [0.1, 0.15) is 23.1 Å². The van der Waals surface area contributed by atoms with Gasteiger partial charge in [-0.3, -0.25) is 4.79 Å². The van der Waals surface area contributed by atoms with Crippen molar-refractivity contribution < 1.29 is 18.7 Å². The lowest BCUT2D eigenvalue weighted by Crippen LogP contribution is -2.34. The van der Waals surface area contributed by atoms with Crippen LogP contribution in [0.5, 0.6) is 11.5 Å². The molecule has 0 spiro atoms. The molecule has 3 N–H and O–H groups in total. The molecule has 2 aromatic heterocycles. The minimum Gasteiger partial charge on any atom is -0.497 e. The monoisotopic (exact) mass is 434 g/mol. The van der Waals surface area contributed by atoms with Gasteiger partial charge in [-0.25, -0.2) is 4.39 Å². The molecule has 0 saturated heterocycles. The largest absolute Gasteiger partial charge is 0.497 e. The van der Waals surface area contributed by atoms with Crippen molar-refractivity contribution in [2.45, 2.75) is 12.5 Å². The van der Waals surface area contributed by atoms with Gasteiger partial charge in [-0.2, -0.15) is 5.21 Å². The van der Waals surface area contributed by atoms with Crippen LogP contribution in [0.15, 0.2) is 48.0 Å². The molecule has 0 bridgehead atoms. The summed E-state index contributed by atoms with van der Waals surface area (Å²) in [5, 5.41) is 17.8. The number of hydrogen-bond acceptors (Lipinski definition) is 6. The number of fused-ring (bicyclic) bond motifs is 2. The SMILES string of the molecule is COc1ccc2c(c1)C=C(C(=O)N[C@H](Cc1cc3cc(F)ccc3[nH]1)c1nn[nH]n1)CO2. The highest BCUT2D eigenvalue weighted by molar-refractivity contribution is 5.99. The predicted octanol–water partition coefficient (Wildman–Crippen LogP) is 2.70. The zero-order valence-corrected chi connectivity index (χ0v) is 17.1. The lowest BCUT2D eigenvalue weighted by atomic mass is 10.1. The van der Waals surface area contributed by atoms with E-state index in [1.54, 1.807) is 31.4 Å². The number of aromatic amines is 2. The Morgan fingerprint density at radius 1 is 1.28 bits per heavy atom. The summed E-state index contributed by atoms with van der Waals surface area (Å²) in [5.74, 6) is 1.07. The number of methoxy groups -OCH3 is 1. The summed E-state index contributed by atoms with van der Waals surface area (Å²) in [4.78, 5) is 16.3. The standard InChI is InChI=1S/C22H19FN6O3/c1-31-17-3-5-20-13(9-17)6-14(11-32-20)22(30)25-19(21-26-28-29-27-21)10-16-8-12-7-15(23)2-4-18(12)24-16/h2-9,19,24H,10-11H2,1H3,(H,25,30)(H,26,27,28,29)/t19-/m1/s1. The van der Waals surface area contributed by atoms with Gasteiger partial charge in [-0.1, -0.05) is 5.21 Å². The zero-order chi connectivity index (χ0) is 22.1. The van der Waals surface area contributed by atoms with E-state index in [1.807, 2.05) is 12.1 Å². The third-order valence-electron chi connectivity index (χ3n) is 5.26. The Balaban J connectivity index is 1.39. The van der Waals surface area contributed by atoms with Crippen LogP contribution < -0.4 is 14.8 Å². The quantitative estimate of drug-likeness (QED) is 0.430. The van der Waals surface area contributed by atoms with Crippen LogP contribution in [-0.2, 0) is 11.2 Å². The van der Waals surface area contributed by atoms with E-state index in [-0.39, 0.29) is 18.3 Å². The molecule has 1 aliphatic heterocycles. The zero-order valence-electron chi connectivity index (χ0n) is 17.1. The molecule has 1 atom stereocenters. The number of rotatable bonds is 6. The topological polar surface area (TPSA) is 118 Å². The molecule has 4 aromatic rings. The summed E-state index contributed by atoms with van der Waals surface area (Å²) in [6.45, 7) is 0.135. The first-order valence-electron chi connectivity index (χ1n) is 9.92. The van der Waals surface area contributed by atoms with Gasteiger partial charge >= 0.3 is 0 Å². The summed E-state index contributed by atoms with van der Waals surface area (Å²) >= 11 is 0. The number of ether oxygens (including phenoxy) is 2. The number of benzene rings is 2. The van der Waals surface area contributed by atoms with Crippen LogP contribution in [0.2, 0.25) is 0 Å². The molecule has 1 aliphatic rings. The van der Waals surface area contributed by atoms with Crippen LogP contribution in [0.25, 0.3) is 17.0 Å². The Morgan fingerprint density at radius 3 is 3.00 bits per heavy atom. The molecular formula is C22H19FN6O3. The molecule has 9 nitrogen and oxygen atoms in total. The van der Waals surface area contributed by atoms with Crippen molar-refractivity contribution in [2.75, 3.05) is 13.7 Å². The molecule has 3 heterocycles. The van der Waals surface area contributed by atoms with Crippen molar-refractivity contribution in [3.05, 3.63) is 70.9 Å². The van der Waals surface area contributed by atoms with Crippen LogP contribution in [-0.4, -0.2) is 45.2 Å². The van der Waals surface area contributed by atoms with Crippen LogP contribution in [0.4, 0.5) is 4.39 Å². The van der Waals surface area contributed by atoms with Gasteiger partial charge in [0, 0.05) is 28.6 Å². The molecular weight excluding hydrogens is 415 g/mol. The molecule has 1 amide bonds. The van der Waals surface area contributed by atoms with Crippen LogP contribution in [0.3, 0.4) is 0 Å². The van der Waals surface area contributed by atoms with Crippen molar-refractivity contribution in [2.24, 2.45) is 0 Å². The van der Waals surface area contributed by atoms with Gasteiger partial charge in [-0.15, -0.1) is 10.2 Å². The Hall–Kier alpha value is -4.21. The van der Waals surface area contributed by atoms with Gasteiger partial charge in [0.2, 0.25) is 0 Å². The molecule has 0 fully saturated rings. The number of hydrogen-bond donors (Lipinski definition) is 3. The molecule has 2 aromatic carbocycles. The number of carbonyl (C=O) groups is 1. The minimum absolute atomic E-state index is 0.135. The van der Waals surface area contributed by atoms with Gasteiger partial charge < -0.3 is 19.8 Å². The second kappa shape index (κ2) is 8.14. The van der Waals surface area contributed by atoms with Gasteiger partial charge in [0.1, 0.15) is 23.9 Å². The van der Waals surface area contributed by atoms with Crippen molar-refractivity contribution in [3.8, 4) is 11.5 Å². The fourth-order valence-corrected chi connectivity index (χ4v) is 3.68. The van der Waals surface area contributed by atoms with Crippen molar-refractivity contribution in [1.82, 2.24) is 30.9 Å². The summed E-state index contributed by atoms with van der Waals surface area (Å²) in [6, 6.07) is 11.2. The summed E-state index contributed by atoms with van der Waals surface area (Å²) < 4.78 is 24.5. The molecule has 0 radical (unpaired) electrons. The normalized spacial score (nSPS) is 13.8. The first-order chi connectivity index (χ1) is 15.6. The van der Waals surface area contributed by atoms with Crippen molar-refractivity contribution in [3.63, 3.8) is 0 Å². The van der Waals surface area contributed by atoms with E-state index in [0.29, 0.717) is 29.3 Å². The maximum atomic E-state index is 13.5. The Morgan fingerprint density at radius 2 is 2.19 bits per heavy atom. The second-order valence-electron chi connectivity index (χ2n) is 7.39. The summed E-state index contributed by atoms with van der Waals surface area (Å²) in [6.07, 6.45) is 2.13. The number of H-pyrrole nitrogens is 2. The van der Waals surface area contributed by atoms with Gasteiger partial charge in [-0.05, 0) is 48.5 Å². The number of nitrogens with zero attached hydrogens (tertiary/aromatic N) is 3. The average Bonchev–Trinajstić information content (AvgIpc) is 3.47. The Bertz CT molecular complexity index is 1310. The van der Waals surface area contributed by atoms with Gasteiger partial charge in [0.15, 0.2) is 5.82 Å². The lowest BCUT2D eigenvalue weighted by molar-refractivity contribution is -0.118. The first kappa shape index (κ1) is 19.7. The Kier molecular flexibility index (Phi) is 5.02. The maximum absolute atomic E-state index is 13.5. The van der Waals surface area contributed by atoms with Crippen LogP contribution in [0, 0.1) is 5.82 Å². The number of aromatic nitrogens is 5. The summed E-state index contributed by atoms with van der Waals surface area (Å²) in [5.41, 5.74) is 2.81. The summed E-state index contributed by atoms with van der Waals surface area (Å²) in [7, 11) is 1.58. The van der Waals surface area contributed by atoms with Gasteiger partial charge in [0.25, 0.3) is 5.91 Å².